The van der Waals surface area contributed by atoms with E-state index in [0.29, 0.717) is 25.0 Å². The molecule has 1 saturated carbocycles. The maximum Gasteiger partial charge on any atom is 0.223 e. The summed E-state index contributed by atoms with van der Waals surface area (Å²) in [5.41, 5.74) is 0.747. The minimum Gasteiger partial charge on any atom is -0.333 e. The largest absolute Gasteiger partial charge is 0.333 e. The second-order valence-corrected chi connectivity index (χ2v) is 4.35. The van der Waals surface area contributed by atoms with E-state index in [4.69, 9.17) is 0 Å². The SMILES string of the molecule is CC12CCC(=O)NC=C1CCCC2=O. The van der Waals surface area contributed by atoms with Gasteiger partial charge in [-0.3, -0.25) is 9.59 Å². The van der Waals surface area contributed by atoms with Gasteiger partial charge in [0.15, 0.2) is 0 Å². The fourth-order valence-corrected chi connectivity index (χ4v) is 2.30. The van der Waals surface area contributed by atoms with Gasteiger partial charge < -0.3 is 5.32 Å². The van der Waals surface area contributed by atoms with Crippen molar-refractivity contribution in [1.29, 1.82) is 0 Å². The molecular weight excluding hydrogens is 178 g/mol. The van der Waals surface area contributed by atoms with E-state index >= 15 is 0 Å². The molecule has 1 amide bonds. The molecule has 2 rings (SSSR count). The van der Waals surface area contributed by atoms with E-state index in [1.807, 2.05) is 6.92 Å². The quantitative estimate of drug-likeness (QED) is 0.634. The van der Waals surface area contributed by atoms with Gasteiger partial charge in [-0.05, 0) is 31.8 Å². The van der Waals surface area contributed by atoms with Gasteiger partial charge in [0, 0.05) is 24.5 Å². The summed E-state index contributed by atoms with van der Waals surface area (Å²) in [5.74, 6) is 0.326. The number of fused-ring (bicyclic) bond motifs is 1. The van der Waals surface area contributed by atoms with Crippen LogP contribution >= 0.6 is 0 Å². The Hall–Kier alpha value is -1.12. The molecule has 0 aromatic rings. The number of allylic oxidation sites excluding steroid dienone is 1. The third-order valence-corrected chi connectivity index (χ3v) is 3.43. The highest BCUT2D eigenvalue weighted by atomic mass is 16.1. The topological polar surface area (TPSA) is 46.2 Å². The van der Waals surface area contributed by atoms with Gasteiger partial charge >= 0.3 is 0 Å². The van der Waals surface area contributed by atoms with Gasteiger partial charge in [-0.15, -0.1) is 0 Å². The van der Waals surface area contributed by atoms with Crippen molar-refractivity contribution in [2.24, 2.45) is 5.41 Å². The standard InChI is InChI=1S/C11H15NO2/c1-11-6-5-10(14)12-7-8(11)3-2-4-9(11)13/h7H,2-6H2,1H3,(H,12,14). The molecule has 3 heteroatoms. The molecular formula is C11H15NO2. The zero-order chi connectivity index (χ0) is 10.2. The van der Waals surface area contributed by atoms with Crippen LogP contribution < -0.4 is 5.32 Å². The van der Waals surface area contributed by atoms with Gasteiger partial charge in [0.2, 0.25) is 5.91 Å². The first-order valence-corrected chi connectivity index (χ1v) is 5.15. The summed E-state index contributed by atoms with van der Waals surface area (Å²) < 4.78 is 0. The lowest BCUT2D eigenvalue weighted by Crippen LogP contribution is -2.33. The van der Waals surface area contributed by atoms with Crippen molar-refractivity contribution in [1.82, 2.24) is 5.32 Å². The van der Waals surface area contributed by atoms with Crippen molar-refractivity contribution in [2.45, 2.75) is 39.0 Å². The third-order valence-electron chi connectivity index (χ3n) is 3.43. The number of hydrogen-bond donors (Lipinski definition) is 1. The van der Waals surface area contributed by atoms with E-state index < -0.39 is 0 Å². The molecule has 0 aromatic heterocycles. The fraction of sp³-hybridized carbons (Fsp3) is 0.636. The maximum absolute atomic E-state index is 11.8. The molecule has 0 bridgehead atoms. The highest BCUT2D eigenvalue weighted by Crippen LogP contribution is 2.42. The summed E-state index contributed by atoms with van der Waals surface area (Å²) >= 11 is 0. The summed E-state index contributed by atoms with van der Waals surface area (Å²) in [6.07, 6.45) is 5.43. The van der Waals surface area contributed by atoms with Crippen molar-refractivity contribution in [3.63, 3.8) is 0 Å². The Kier molecular flexibility index (Phi) is 2.17. The van der Waals surface area contributed by atoms with Crippen molar-refractivity contribution in [2.75, 3.05) is 0 Å². The highest BCUT2D eigenvalue weighted by Gasteiger charge is 2.40. The van der Waals surface area contributed by atoms with E-state index in [2.05, 4.69) is 5.32 Å². The van der Waals surface area contributed by atoms with E-state index in [0.717, 1.165) is 18.4 Å². The van der Waals surface area contributed by atoms with Crippen LogP contribution in [-0.4, -0.2) is 11.7 Å². The first kappa shape index (κ1) is 9.44. The summed E-state index contributed by atoms with van der Waals surface area (Å²) in [6, 6.07) is 0. The summed E-state index contributed by atoms with van der Waals surface area (Å²) in [6.45, 7) is 1.97. The van der Waals surface area contributed by atoms with E-state index in [1.54, 1.807) is 6.20 Å². The van der Waals surface area contributed by atoms with Crippen LogP contribution in [0.5, 0.6) is 0 Å². The zero-order valence-corrected chi connectivity index (χ0v) is 8.43. The Labute approximate surface area is 83.6 Å². The molecule has 1 heterocycles. The number of amides is 1. The molecule has 0 spiro atoms. The van der Waals surface area contributed by atoms with Crippen LogP contribution in [0.3, 0.4) is 0 Å². The van der Waals surface area contributed by atoms with Gasteiger partial charge in [-0.25, -0.2) is 0 Å². The maximum atomic E-state index is 11.8. The van der Waals surface area contributed by atoms with Crippen LogP contribution in [0.1, 0.15) is 39.0 Å². The number of Topliss-reactive ketones (excluding diaryl/α,β-unsaturated/α-hetero) is 1. The molecule has 1 aliphatic heterocycles. The van der Waals surface area contributed by atoms with Gasteiger partial charge in [0.25, 0.3) is 0 Å². The number of nitrogens with one attached hydrogen (secondary N) is 1. The third kappa shape index (κ3) is 1.37. The Morgan fingerprint density at radius 2 is 2.07 bits per heavy atom. The molecule has 1 atom stereocenters. The van der Waals surface area contributed by atoms with Gasteiger partial charge in [0.05, 0.1) is 0 Å². The van der Waals surface area contributed by atoms with Gasteiger partial charge in [-0.2, -0.15) is 0 Å². The molecule has 0 saturated heterocycles. The van der Waals surface area contributed by atoms with Crippen LogP contribution in [0.25, 0.3) is 0 Å². The predicted octanol–water partition coefficient (Wildman–Crippen LogP) is 1.54. The van der Waals surface area contributed by atoms with Crippen LogP contribution in [0.15, 0.2) is 11.8 Å². The Morgan fingerprint density at radius 1 is 1.29 bits per heavy atom. The first-order valence-electron chi connectivity index (χ1n) is 5.15. The molecule has 0 aromatic carbocycles. The lowest BCUT2D eigenvalue weighted by atomic mass is 9.69. The number of hydrogen-bond acceptors (Lipinski definition) is 2. The Morgan fingerprint density at radius 3 is 2.86 bits per heavy atom. The van der Waals surface area contributed by atoms with Crippen LogP contribution in [0, 0.1) is 5.41 Å². The average molecular weight is 193 g/mol. The molecule has 14 heavy (non-hydrogen) atoms. The summed E-state index contributed by atoms with van der Waals surface area (Å²) in [7, 11) is 0. The predicted molar refractivity (Wildman–Crippen MR) is 52.4 cm³/mol. The highest BCUT2D eigenvalue weighted by molar-refractivity contribution is 5.90. The summed E-state index contributed by atoms with van der Waals surface area (Å²) in [5, 5.41) is 2.74. The molecule has 1 aliphatic carbocycles. The van der Waals surface area contributed by atoms with Crippen molar-refractivity contribution in [3.05, 3.63) is 11.8 Å². The Bertz CT molecular complexity index is 319. The van der Waals surface area contributed by atoms with Crippen molar-refractivity contribution >= 4 is 11.7 Å². The lowest BCUT2D eigenvalue weighted by molar-refractivity contribution is -0.128. The second-order valence-electron chi connectivity index (χ2n) is 4.35. The average Bonchev–Trinajstić information content (AvgIpc) is 2.30. The van der Waals surface area contributed by atoms with Crippen molar-refractivity contribution < 1.29 is 9.59 Å². The fourth-order valence-electron chi connectivity index (χ4n) is 2.30. The van der Waals surface area contributed by atoms with Gasteiger partial charge in [0.1, 0.15) is 5.78 Å². The minimum absolute atomic E-state index is 0.0286. The normalized spacial score (nSPS) is 32.8. The second kappa shape index (κ2) is 3.23. The van der Waals surface area contributed by atoms with E-state index in [1.165, 1.54) is 0 Å². The monoisotopic (exact) mass is 193 g/mol. The van der Waals surface area contributed by atoms with Crippen LogP contribution in [-0.2, 0) is 9.59 Å². The van der Waals surface area contributed by atoms with Crippen LogP contribution in [0.2, 0.25) is 0 Å². The van der Waals surface area contributed by atoms with Gasteiger partial charge in [-0.1, -0.05) is 0 Å². The molecule has 1 unspecified atom stereocenters. The molecule has 2 aliphatic rings. The molecule has 0 radical (unpaired) electrons. The minimum atomic E-state index is -0.364. The Balaban J connectivity index is 2.34. The lowest BCUT2D eigenvalue weighted by Gasteiger charge is -2.33. The molecule has 76 valence electrons. The number of rotatable bonds is 0. The smallest absolute Gasteiger partial charge is 0.223 e. The van der Waals surface area contributed by atoms with E-state index in [-0.39, 0.29) is 11.3 Å². The number of carbonyl (C=O) groups is 2. The number of carbonyl (C=O) groups excluding carboxylic acids is 2. The number of ketones is 1. The molecule has 3 nitrogen and oxygen atoms in total. The summed E-state index contributed by atoms with van der Waals surface area (Å²) in [4.78, 5) is 23.0. The first-order chi connectivity index (χ1) is 6.63. The zero-order valence-electron chi connectivity index (χ0n) is 8.43. The molecule has 1 fully saturated rings. The van der Waals surface area contributed by atoms with Crippen molar-refractivity contribution in [3.8, 4) is 0 Å². The van der Waals surface area contributed by atoms with Crippen LogP contribution in [0.4, 0.5) is 0 Å². The molecule has 1 N–H and O–H groups in total. The van der Waals surface area contributed by atoms with E-state index in [9.17, 15) is 9.59 Å².